The summed E-state index contributed by atoms with van der Waals surface area (Å²) in [5.41, 5.74) is 1.37. The van der Waals surface area contributed by atoms with Gasteiger partial charge >= 0.3 is 0 Å². The van der Waals surface area contributed by atoms with E-state index in [2.05, 4.69) is 20.8 Å². The standard InChI is InChI=1S/C57H94O28/c1-21(20-75-51-44(71)40(67)36(63)30(15-58)78-51)5-8-28-22(2)35-29(77-28)14-27-25-7-6-23-13-24(9-11-56(23,3)26(25)10-12-57(27,35)4)76-52-47(74)43(70)48(34(19-62)82-52)83-55-50(85-54-46(73)42(69)38(65)32(17-60)80-54)49(39(66)33(18-61)81-55)84-53-45(72)41(68)37(64)31(16-59)79-53/h21,23-27,29-55,58-74H,5-20H2,1-4H3/t21-,23+,24+,25-,26+,27+,29+,30-,31-,32-,33-,34-,35+,36-,37-,38-,39-,40+,41+,42+,43-,44-,45-,46-,47-,48+,49+,50-,51-,52-,53+,54+,55+,56+,57+/m1/s1. The average Bonchev–Trinajstić information content (AvgIpc) is 1.64. The van der Waals surface area contributed by atoms with Crippen molar-refractivity contribution in [2.45, 2.75) is 258 Å². The van der Waals surface area contributed by atoms with Gasteiger partial charge in [-0.15, -0.1) is 0 Å². The minimum Gasteiger partial charge on any atom is -0.494 e. The van der Waals surface area contributed by atoms with Crippen LogP contribution in [0.1, 0.15) is 91.9 Å². The Morgan fingerprint density at radius 1 is 0.471 bits per heavy atom. The molecule has 9 fully saturated rings. The number of aliphatic hydroxyl groups excluding tert-OH is 17. The zero-order chi connectivity index (χ0) is 61.3. The summed E-state index contributed by atoms with van der Waals surface area (Å²) in [7, 11) is 0. The normalized spacial score (nSPS) is 53.1. The van der Waals surface area contributed by atoms with Gasteiger partial charge in [-0.05, 0) is 111 Å². The lowest BCUT2D eigenvalue weighted by Crippen LogP contribution is -2.68. The van der Waals surface area contributed by atoms with Crippen LogP contribution in [-0.2, 0) is 52.1 Å². The Morgan fingerprint density at radius 3 is 1.54 bits per heavy atom. The lowest BCUT2D eigenvalue weighted by Gasteiger charge is -2.61. The van der Waals surface area contributed by atoms with Gasteiger partial charge in [0, 0.05) is 12.3 Å². The molecule has 0 radical (unpaired) electrons. The molecule has 0 aromatic rings. The van der Waals surface area contributed by atoms with E-state index in [0.717, 1.165) is 57.1 Å². The predicted molar refractivity (Wildman–Crippen MR) is 283 cm³/mol. The molecule has 4 saturated carbocycles. The zero-order valence-corrected chi connectivity index (χ0v) is 48.5. The smallest absolute Gasteiger partial charge is 0.187 e. The van der Waals surface area contributed by atoms with Crippen LogP contribution in [0.25, 0.3) is 0 Å². The Kier molecular flexibility index (Phi) is 21.1. The molecule has 85 heavy (non-hydrogen) atoms. The van der Waals surface area contributed by atoms with Crippen molar-refractivity contribution in [3.63, 3.8) is 0 Å². The highest BCUT2D eigenvalue weighted by Crippen LogP contribution is 2.70. The lowest BCUT2D eigenvalue weighted by molar-refractivity contribution is -0.406. The second-order valence-corrected chi connectivity index (χ2v) is 26.5. The largest absolute Gasteiger partial charge is 0.494 e. The fourth-order valence-corrected chi connectivity index (χ4v) is 16.6. The van der Waals surface area contributed by atoms with E-state index in [1.54, 1.807) is 0 Å². The van der Waals surface area contributed by atoms with Crippen molar-refractivity contribution in [3.8, 4) is 0 Å². The quantitative estimate of drug-likeness (QED) is 0.0538. The summed E-state index contributed by atoms with van der Waals surface area (Å²) in [6.07, 6.45) is -34.5. The summed E-state index contributed by atoms with van der Waals surface area (Å²) < 4.78 is 66.3. The van der Waals surface area contributed by atoms with E-state index in [0.29, 0.717) is 36.5 Å². The molecule has 28 heteroatoms. The van der Waals surface area contributed by atoms with Crippen molar-refractivity contribution >= 4 is 0 Å². The number of fused-ring (bicyclic) bond motifs is 7. The Balaban J connectivity index is 0.769. The van der Waals surface area contributed by atoms with E-state index >= 15 is 0 Å². The van der Waals surface area contributed by atoms with Crippen LogP contribution in [-0.4, -0.2) is 292 Å². The third-order valence-corrected chi connectivity index (χ3v) is 21.6. The third kappa shape index (κ3) is 12.4. The molecule has 0 aromatic carbocycles. The second kappa shape index (κ2) is 27.0. The fourth-order valence-electron chi connectivity index (χ4n) is 16.6. The van der Waals surface area contributed by atoms with Crippen LogP contribution in [0, 0.1) is 46.3 Å². The summed E-state index contributed by atoms with van der Waals surface area (Å²) in [4.78, 5) is 0. The molecule has 6 aliphatic heterocycles. The number of hydrogen-bond acceptors (Lipinski definition) is 28. The van der Waals surface area contributed by atoms with Crippen molar-refractivity contribution in [2.24, 2.45) is 46.3 Å². The molecular formula is C57H94O28. The summed E-state index contributed by atoms with van der Waals surface area (Å²) in [5, 5.41) is 181. The average molecular weight is 1230 g/mol. The van der Waals surface area contributed by atoms with E-state index in [1.807, 2.05) is 6.92 Å². The molecule has 0 amide bonds. The topological polar surface area (TPSA) is 445 Å². The van der Waals surface area contributed by atoms with Gasteiger partial charge in [-0.1, -0.05) is 20.8 Å². The van der Waals surface area contributed by atoms with Gasteiger partial charge in [-0.2, -0.15) is 0 Å². The molecule has 6 heterocycles. The van der Waals surface area contributed by atoms with Crippen LogP contribution in [0.4, 0.5) is 0 Å². The number of allylic oxidation sites excluding steroid dienone is 1. The van der Waals surface area contributed by atoms with Gasteiger partial charge in [0.05, 0.1) is 51.5 Å². The van der Waals surface area contributed by atoms with Crippen LogP contribution < -0.4 is 0 Å². The first-order valence-corrected chi connectivity index (χ1v) is 30.5. The molecule has 0 unspecified atom stereocenters. The summed E-state index contributed by atoms with van der Waals surface area (Å²) in [6.45, 7) is 5.32. The highest BCUT2D eigenvalue weighted by molar-refractivity contribution is 5.27. The third-order valence-electron chi connectivity index (χ3n) is 21.6. The molecular weight excluding hydrogens is 1130 g/mol. The lowest BCUT2D eigenvalue weighted by atomic mass is 9.44. The summed E-state index contributed by atoms with van der Waals surface area (Å²) >= 11 is 0. The Hall–Kier alpha value is -1.54. The zero-order valence-electron chi connectivity index (χ0n) is 48.5. The van der Waals surface area contributed by atoms with E-state index in [1.165, 1.54) is 5.57 Å². The first kappa shape index (κ1) is 66.4. The first-order chi connectivity index (χ1) is 40.4. The van der Waals surface area contributed by atoms with Crippen molar-refractivity contribution < 1.29 is 139 Å². The molecule has 28 nitrogen and oxygen atoms in total. The fraction of sp³-hybridized carbons (Fsp3) is 0.965. The maximum Gasteiger partial charge on any atom is 0.187 e. The predicted octanol–water partition coefficient (Wildman–Crippen LogP) is -5.18. The molecule has 0 spiro atoms. The van der Waals surface area contributed by atoms with Crippen molar-refractivity contribution in [1.29, 1.82) is 0 Å². The number of hydrogen-bond donors (Lipinski definition) is 17. The van der Waals surface area contributed by atoms with Gasteiger partial charge in [0.1, 0.15) is 128 Å². The number of aliphatic hydroxyl groups is 17. The van der Waals surface area contributed by atoms with E-state index < -0.39 is 193 Å². The van der Waals surface area contributed by atoms with Gasteiger partial charge < -0.3 is 139 Å². The van der Waals surface area contributed by atoms with Crippen LogP contribution in [0.2, 0.25) is 0 Å². The molecule has 0 bridgehead atoms. The molecule has 490 valence electrons. The number of rotatable bonds is 19. The van der Waals surface area contributed by atoms with Gasteiger partial charge in [0.15, 0.2) is 31.5 Å². The number of ether oxygens (including phenoxy) is 11. The molecule has 0 aromatic heterocycles. The highest BCUT2D eigenvalue weighted by Gasteiger charge is 2.65. The van der Waals surface area contributed by atoms with Crippen LogP contribution in [0.3, 0.4) is 0 Å². The molecule has 4 aliphatic carbocycles. The van der Waals surface area contributed by atoms with Crippen LogP contribution >= 0.6 is 0 Å². The van der Waals surface area contributed by atoms with Gasteiger partial charge in [0.25, 0.3) is 0 Å². The summed E-state index contributed by atoms with van der Waals surface area (Å²) in [5.74, 6) is 3.11. The molecule has 17 N–H and O–H groups in total. The van der Waals surface area contributed by atoms with Crippen LogP contribution in [0.5, 0.6) is 0 Å². The van der Waals surface area contributed by atoms with E-state index in [-0.39, 0.29) is 35.4 Å². The second-order valence-electron chi connectivity index (χ2n) is 26.5. The SMILES string of the molecule is CC1=C(CC[C@@H](C)CO[C@@H]2O[C@H](CO)[C@@H](O)[C@H](O)[C@H]2O)O[C@H]2C[C@H]3[C@@H]4CC[C@H]5C[C@@H](O[C@@H]6O[C@H](CO)[C@H](O[C@@H]7O[C@H](CO)[C@@H](O)[C@H](O[C@@H]8O[C@H](CO)[C@@H](O)[C@H](O)[C@H]8O)[C@H]7O[C@@H]7O[C@H](CO)[C@@H](O)[C@H](O)[C@H]7O)[C@H](O)[C@H]6O)CC[C@]5(C)[C@H]4CC[C@]3(C)[C@@H]12. The molecule has 10 aliphatic rings. The van der Waals surface area contributed by atoms with Crippen molar-refractivity contribution in [2.75, 3.05) is 39.6 Å². The van der Waals surface area contributed by atoms with Crippen molar-refractivity contribution in [1.82, 2.24) is 0 Å². The Morgan fingerprint density at radius 2 is 0.953 bits per heavy atom. The Bertz CT molecular complexity index is 2210. The molecule has 35 atom stereocenters. The molecule has 10 rings (SSSR count). The van der Waals surface area contributed by atoms with Crippen molar-refractivity contribution in [3.05, 3.63) is 11.3 Å². The maximum absolute atomic E-state index is 11.9. The minimum atomic E-state index is -2.06. The van der Waals surface area contributed by atoms with E-state index in [4.69, 9.17) is 52.1 Å². The Labute approximate surface area is 492 Å². The van der Waals surface area contributed by atoms with Crippen LogP contribution in [0.15, 0.2) is 11.3 Å². The monoisotopic (exact) mass is 1230 g/mol. The maximum atomic E-state index is 11.9. The summed E-state index contributed by atoms with van der Waals surface area (Å²) in [6, 6.07) is 0. The first-order valence-electron chi connectivity index (χ1n) is 30.5. The minimum absolute atomic E-state index is 0.00321. The highest BCUT2D eigenvalue weighted by atomic mass is 16.8. The van der Waals surface area contributed by atoms with Gasteiger partial charge in [-0.3, -0.25) is 0 Å². The van der Waals surface area contributed by atoms with Gasteiger partial charge in [0.2, 0.25) is 0 Å². The van der Waals surface area contributed by atoms with E-state index in [9.17, 15) is 86.8 Å². The molecule has 5 saturated heterocycles. The van der Waals surface area contributed by atoms with Gasteiger partial charge in [-0.25, -0.2) is 0 Å².